The van der Waals surface area contributed by atoms with Gasteiger partial charge >= 0.3 is 0 Å². The minimum Gasteiger partial charge on any atom is -0.494 e. The molecule has 24 heavy (non-hydrogen) atoms. The second-order valence-corrected chi connectivity index (χ2v) is 5.33. The van der Waals surface area contributed by atoms with Crippen LogP contribution in [0, 0.1) is 0 Å². The van der Waals surface area contributed by atoms with Gasteiger partial charge in [0.1, 0.15) is 18.2 Å². The number of benzene rings is 1. The average molecular weight is 349 g/mol. The highest BCUT2D eigenvalue weighted by Crippen LogP contribution is 2.12. The number of rotatable bonds is 10. The van der Waals surface area contributed by atoms with Crippen molar-refractivity contribution in [3.63, 3.8) is 0 Å². The summed E-state index contributed by atoms with van der Waals surface area (Å²) < 4.78 is 5.71. The highest BCUT2D eigenvalue weighted by Gasteiger charge is 1.97. The molecule has 1 heterocycles. The number of ether oxygens (including phenoxy) is 1. The van der Waals surface area contributed by atoms with E-state index in [9.17, 15) is 0 Å². The Morgan fingerprint density at radius 2 is 1.96 bits per heavy atom. The minimum absolute atomic E-state index is 0.393. The molecule has 0 aliphatic heterocycles. The summed E-state index contributed by atoms with van der Waals surface area (Å²) in [5.41, 5.74) is 0.976. The van der Waals surface area contributed by atoms with Gasteiger partial charge in [-0.25, -0.2) is 0 Å². The van der Waals surface area contributed by atoms with E-state index in [1.54, 1.807) is 12.3 Å². The maximum Gasteiger partial charge on any atom is 0.151 e. The number of aromatic nitrogens is 2. The van der Waals surface area contributed by atoms with Crippen molar-refractivity contribution in [2.24, 2.45) is 5.16 Å². The van der Waals surface area contributed by atoms with Crippen LogP contribution >= 0.6 is 11.6 Å². The zero-order chi connectivity index (χ0) is 17.0. The van der Waals surface area contributed by atoms with Crippen LogP contribution < -0.4 is 10.1 Å². The van der Waals surface area contributed by atoms with E-state index in [0.717, 1.165) is 36.5 Å². The van der Waals surface area contributed by atoms with E-state index < -0.39 is 0 Å². The van der Waals surface area contributed by atoms with E-state index in [4.69, 9.17) is 21.2 Å². The van der Waals surface area contributed by atoms with Crippen LogP contribution in [0.2, 0.25) is 5.15 Å². The summed E-state index contributed by atoms with van der Waals surface area (Å²) >= 11 is 5.68. The van der Waals surface area contributed by atoms with Gasteiger partial charge in [-0.2, -0.15) is 0 Å². The van der Waals surface area contributed by atoms with Crippen molar-refractivity contribution >= 4 is 23.6 Å². The molecule has 1 aromatic carbocycles. The van der Waals surface area contributed by atoms with Gasteiger partial charge in [0.25, 0.3) is 0 Å². The maximum absolute atomic E-state index is 5.71. The van der Waals surface area contributed by atoms with Crippen LogP contribution in [0.5, 0.6) is 5.75 Å². The molecule has 2 rings (SSSR count). The highest BCUT2D eigenvalue weighted by molar-refractivity contribution is 6.29. The molecule has 0 amide bonds. The van der Waals surface area contributed by atoms with E-state index in [-0.39, 0.29) is 0 Å². The predicted octanol–water partition coefficient (Wildman–Crippen LogP) is 3.77. The van der Waals surface area contributed by atoms with Crippen LogP contribution in [0.1, 0.15) is 25.3 Å². The number of nitrogens with one attached hydrogen (secondary N) is 1. The largest absolute Gasteiger partial charge is 0.494 e. The molecule has 0 atom stereocenters. The Kier molecular flexibility index (Phi) is 7.83. The second-order valence-electron chi connectivity index (χ2n) is 4.94. The van der Waals surface area contributed by atoms with Crippen LogP contribution in [-0.2, 0) is 4.84 Å². The number of nitrogens with zero attached hydrogens (tertiary/aromatic N) is 3. The van der Waals surface area contributed by atoms with Crippen LogP contribution in [0.4, 0.5) is 5.82 Å². The van der Waals surface area contributed by atoms with Crippen LogP contribution in [-0.4, -0.2) is 36.2 Å². The molecular formula is C17H21ClN4O2. The average Bonchev–Trinajstić information content (AvgIpc) is 2.61. The van der Waals surface area contributed by atoms with Crippen LogP contribution in [0.25, 0.3) is 0 Å². The third-order valence-electron chi connectivity index (χ3n) is 3.06. The lowest BCUT2D eigenvalue weighted by Gasteiger charge is -2.07. The summed E-state index contributed by atoms with van der Waals surface area (Å²) in [5, 5.41) is 15.1. The predicted molar refractivity (Wildman–Crippen MR) is 95.9 cm³/mol. The molecule has 0 spiro atoms. The maximum atomic E-state index is 5.71. The molecule has 0 bridgehead atoms. The standard InChI is InChI=1S/C17H21ClN4O2/c1-2-24-20-13-14-5-7-15(8-6-14)23-12-4-3-11-19-17-10-9-16(18)21-22-17/h5-10,13H,2-4,11-12H2,1H3,(H,19,22). The molecule has 0 fully saturated rings. The van der Waals surface area contributed by atoms with Gasteiger partial charge in [-0.05, 0) is 61.7 Å². The van der Waals surface area contributed by atoms with Gasteiger partial charge in [-0.1, -0.05) is 16.8 Å². The topological polar surface area (TPSA) is 68.6 Å². The molecule has 1 N–H and O–H groups in total. The first-order valence-corrected chi connectivity index (χ1v) is 8.27. The Morgan fingerprint density at radius 1 is 1.12 bits per heavy atom. The van der Waals surface area contributed by atoms with E-state index in [1.807, 2.05) is 37.3 Å². The van der Waals surface area contributed by atoms with Crippen molar-refractivity contribution < 1.29 is 9.57 Å². The molecule has 7 heteroatoms. The number of hydrogen-bond acceptors (Lipinski definition) is 6. The smallest absolute Gasteiger partial charge is 0.151 e. The fraction of sp³-hybridized carbons (Fsp3) is 0.353. The molecule has 6 nitrogen and oxygen atoms in total. The van der Waals surface area contributed by atoms with E-state index in [2.05, 4.69) is 20.7 Å². The molecule has 128 valence electrons. The molecule has 0 aliphatic rings. The van der Waals surface area contributed by atoms with E-state index >= 15 is 0 Å². The number of oxime groups is 1. The molecule has 1 aromatic heterocycles. The van der Waals surface area contributed by atoms with Gasteiger partial charge in [-0.3, -0.25) is 0 Å². The van der Waals surface area contributed by atoms with Crippen molar-refractivity contribution in [3.05, 3.63) is 47.1 Å². The van der Waals surface area contributed by atoms with Gasteiger partial charge in [0.2, 0.25) is 0 Å². The fourth-order valence-electron chi connectivity index (χ4n) is 1.87. The SMILES string of the molecule is CCON=Cc1ccc(OCCCCNc2ccc(Cl)nn2)cc1. The minimum atomic E-state index is 0.393. The zero-order valence-electron chi connectivity index (χ0n) is 13.6. The van der Waals surface area contributed by atoms with E-state index in [1.165, 1.54) is 0 Å². The lowest BCUT2D eigenvalue weighted by atomic mass is 10.2. The Hall–Kier alpha value is -2.34. The monoisotopic (exact) mass is 348 g/mol. The summed E-state index contributed by atoms with van der Waals surface area (Å²) in [5.74, 6) is 1.57. The number of hydrogen-bond donors (Lipinski definition) is 1. The summed E-state index contributed by atoms with van der Waals surface area (Å²) in [7, 11) is 0. The molecule has 0 unspecified atom stereocenters. The lowest BCUT2D eigenvalue weighted by Crippen LogP contribution is -2.06. The molecule has 0 aliphatic carbocycles. The summed E-state index contributed by atoms with van der Waals surface area (Å²) in [6, 6.07) is 11.3. The quantitative estimate of drug-likeness (QED) is 0.402. The fourth-order valence-corrected chi connectivity index (χ4v) is 1.97. The summed E-state index contributed by atoms with van der Waals surface area (Å²) in [6.45, 7) is 3.94. The van der Waals surface area contributed by atoms with E-state index in [0.29, 0.717) is 18.4 Å². The van der Waals surface area contributed by atoms with Crippen molar-refractivity contribution in [2.45, 2.75) is 19.8 Å². The van der Waals surface area contributed by atoms with Crippen molar-refractivity contribution in [1.29, 1.82) is 0 Å². The molecule has 0 radical (unpaired) electrons. The van der Waals surface area contributed by atoms with Crippen molar-refractivity contribution in [2.75, 3.05) is 25.1 Å². The van der Waals surface area contributed by atoms with Gasteiger partial charge in [-0.15, -0.1) is 10.2 Å². The zero-order valence-corrected chi connectivity index (χ0v) is 14.4. The van der Waals surface area contributed by atoms with Gasteiger partial charge < -0.3 is 14.9 Å². The number of anilines is 1. The first-order chi connectivity index (χ1) is 11.8. The third-order valence-corrected chi connectivity index (χ3v) is 3.27. The Morgan fingerprint density at radius 3 is 2.67 bits per heavy atom. The third kappa shape index (κ3) is 6.83. The molecule has 0 saturated heterocycles. The van der Waals surface area contributed by atoms with Crippen molar-refractivity contribution in [3.8, 4) is 5.75 Å². The molecular weight excluding hydrogens is 328 g/mol. The number of unbranched alkanes of at least 4 members (excludes halogenated alkanes) is 1. The Balaban J connectivity index is 1.59. The summed E-state index contributed by atoms with van der Waals surface area (Å²) in [6.07, 6.45) is 3.60. The summed E-state index contributed by atoms with van der Waals surface area (Å²) in [4.78, 5) is 4.93. The number of halogens is 1. The lowest BCUT2D eigenvalue weighted by molar-refractivity contribution is 0.160. The molecule has 0 saturated carbocycles. The van der Waals surface area contributed by atoms with Gasteiger partial charge in [0.15, 0.2) is 5.15 Å². The molecule has 2 aromatic rings. The van der Waals surface area contributed by atoms with Crippen molar-refractivity contribution in [1.82, 2.24) is 10.2 Å². The first-order valence-electron chi connectivity index (χ1n) is 7.89. The highest BCUT2D eigenvalue weighted by atomic mass is 35.5. The first kappa shape index (κ1) is 18.0. The van der Waals surface area contributed by atoms with Crippen LogP contribution in [0.3, 0.4) is 0 Å². The normalized spacial score (nSPS) is 10.8. The Labute approximate surface area is 146 Å². The second kappa shape index (κ2) is 10.4. The van der Waals surface area contributed by atoms with Gasteiger partial charge in [0, 0.05) is 6.54 Å². The Bertz CT molecular complexity index is 617. The van der Waals surface area contributed by atoms with Gasteiger partial charge in [0.05, 0.1) is 12.8 Å². The van der Waals surface area contributed by atoms with Crippen LogP contribution in [0.15, 0.2) is 41.6 Å².